The molecule has 0 aliphatic carbocycles. The third kappa shape index (κ3) is 2.89. The molecule has 1 atom stereocenters. The minimum atomic E-state index is -0.314. The Balaban J connectivity index is 1.60. The Morgan fingerprint density at radius 1 is 1.41 bits per heavy atom. The van der Waals surface area contributed by atoms with E-state index in [9.17, 15) is 9.59 Å². The Labute approximate surface area is 129 Å². The molecule has 1 N–H and O–H groups in total. The number of pyridine rings is 1. The predicted octanol–water partition coefficient (Wildman–Crippen LogP) is 0.191. The number of nitrogens with one attached hydrogen (secondary N) is 1. The number of nitrogens with zero attached hydrogens (tertiary/aromatic N) is 3. The van der Waals surface area contributed by atoms with Crippen molar-refractivity contribution in [2.45, 2.75) is 12.5 Å². The highest BCUT2D eigenvalue weighted by Crippen LogP contribution is 2.25. The van der Waals surface area contributed by atoms with Crippen LogP contribution in [0.5, 0.6) is 5.75 Å². The first-order valence-corrected chi connectivity index (χ1v) is 7.35. The first-order chi connectivity index (χ1) is 10.6. The molecule has 2 saturated heterocycles. The van der Waals surface area contributed by atoms with Gasteiger partial charge in [-0.05, 0) is 13.1 Å². The average Bonchev–Trinajstić information content (AvgIpc) is 2.86. The summed E-state index contributed by atoms with van der Waals surface area (Å²) < 4.78 is 5.10. The number of likely N-dealkylation sites (tertiary alicyclic amines) is 2. The van der Waals surface area contributed by atoms with Gasteiger partial charge in [0.1, 0.15) is 11.6 Å². The molecule has 0 spiro atoms. The van der Waals surface area contributed by atoms with E-state index in [0.717, 1.165) is 13.1 Å². The maximum Gasteiger partial charge on any atom is 0.230 e. The monoisotopic (exact) mass is 304 g/mol. The number of carbonyl (C=O) groups excluding carboxylic acids is 2. The van der Waals surface area contributed by atoms with Crippen LogP contribution in [0.1, 0.15) is 6.42 Å². The predicted molar refractivity (Wildman–Crippen MR) is 80.5 cm³/mol. The molecule has 2 amide bonds. The van der Waals surface area contributed by atoms with E-state index in [1.165, 1.54) is 0 Å². The second kappa shape index (κ2) is 5.92. The number of hydrogen-bond donors (Lipinski definition) is 1. The molecule has 1 aromatic heterocycles. The minimum Gasteiger partial charge on any atom is -0.497 e. The molecule has 118 valence electrons. The van der Waals surface area contributed by atoms with Crippen LogP contribution in [0, 0.1) is 5.92 Å². The van der Waals surface area contributed by atoms with Crippen molar-refractivity contribution in [3.05, 3.63) is 18.3 Å². The van der Waals surface area contributed by atoms with Gasteiger partial charge in [-0.25, -0.2) is 4.98 Å². The van der Waals surface area contributed by atoms with E-state index in [1.807, 2.05) is 11.9 Å². The van der Waals surface area contributed by atoms with Crippen molar-refractivity contribution in [3.63, 3.8) is 0 Å². The smallest absolute Gasteiger partial charge is 0.230 e. The van der Waals surface area contributed by atoms with Crippen molar-refractivity contribution in [1.29, 1.82) is 0 Å². The van der Waals surface area contributed by atoms with Crippen LogP contribution in [0.25, 0.3) is 0 Å². The first kappa shape index (κ1) is 14.8. The van der Waals surface area contributed by atoms with Gasteiger partial charge in [0.15, 0.2) is 0 Å². The summed E-state index contributed by atoms with van der Waals surface area (Å²) in [5, 5.41) is 2.76. The summed E-state index contributed by atoms with van der Waals surface area (Å²) in [6.45, 7) is 2.27. The first-order valence-electron chi connectivity index (χ1n) is 7.35. The van der Waals surface area contributed by atoms with Gasteiger partial charge in [0.2, 0.25) is 11.8 Å². The maximum absolute atomic E-state index is 12.3. The van der Waals surface area contributed by atoms with Gasteiger partial charge in [-0.2, -0.15) is 0 Å². The van der Waals surface area contributed by atoms with Gasteiger partial charge < -0.3 is 19.9 Å². The molecular weight excluding hydrogens is 284 g/mol. The maximum atomic E-state index is 12.3. The lowest BCUT2D eigenvalue weighted by Crippen LogP contribution is -2.58. The van der Waals surface area contributed by atoms with Crippen molar-refractivity contribution in [2.75, 3.05) is 39.1 Å². The molecule has 7 heteroatoms. The number of amides is 2. The van der Waals surface area contributed by atoms with Gasteiger partial charge in [0.25, 0.3) is 0 Å². The lowest BCUT2D eigenvalue weighted by atomic mass is 10.1. The molecule has 22 heavy (non-hydrogen) atoms. The molecule has 1 aromatic rings. The lowest BCUT2D eigenvalue weighted by molar-refractivity contribution is -0.132. The molecule has 0 aromatic carbocycles. The van der Waals surface area contributed by atoms with Crippen molar-refractivity contribution in [3.8, 4) is 5.75 Å². The van der Waals surface area contributed by atoms with Gasteiger partial charge in [0, 0.05) is 38.3 Å². The van der Waals surface area contributed by atoms with E-state index in [-0.39, 0.29) is 30.2 Å². The molecule has 3 heterocycles. The summed E-state index contributed by atoms with van der Waals surface area (Å²) in [5.41, 5.74) is 0. The van der Waals surface area contributed by atoms with Gasteiger partial charge in [0.05, 0.1) is 19.1 Å². The third-order valence-electron chi connectivity index (χ3n) is 4.23. The molecule has 2 aliphatic heterocycles. The molecular formula is C15H20N4O3. The molecule has 2 fully saturated rings. The van der Waals surface area contributed by atoms with E-state index in [0.29, 0.717) is 18.1 Å². The zero-order valence-corrected chi connectivity index (χ0v) is 12.8. The number of methoxy groups -OCH3 is 1. The van der Waals surface area contributed by atoms with Gasteiger partial charge in [-0.1, -0.05) is 0 Å². The topological polar surface area (TPSA) is 74.8 Å². The van der Waals surface area contributed by atoms with Crippen molar-refractivity contribution >= 4 is 17.6 Å². The highest BCUT2D eigenvalue weighted by molar-refractivity contribution is 5.96. The highest BCUT2D eigenvalue weighted by Gasteiger charge is 2.41. The summed E-state index contributed by atoms with van der Waals surface area (Å²) in [6, 6.07) is 3.63. The van der Waals surface area contributed by atoms with Gasteiger partial charge in [-0.15, -0.1) is 0 Å². The fraction of sp³-hybridized carbons (Fsp3) is 0.533. The molecule has 3 rings (SSSR count). The van der Waals surface area contributed by atoms with E-state index in [2.05, 4.69) is 15.2 Å². The Kier molecular flexibility index (Phi) is 3.98. The number of ether oxygens (including phenoxy) is 1. The third-order valence-corrected chi connectivity index (χ3v) is 4.23. The standard InChI is InChI=1S/C15H20N4O3/c1-18-8-11(9-18)19-7-10(5-14(19)20)15(21)17-13-6-12(22-2)3-4-16-13/h3-4,6,10-11H,5,7-9H2,1-2H3,(H,16,17,21). The number of aromatic nitrogens is 1. The van der Waals surface area contributed by atoms with Gasteiger partial charge >= 0.3 is 0 Å². The average molecular weight is 304 g/mol. The van der Waals surface area contributed by atoms with E-state index < -0.39 is 0 Å². The summed E-state index contributed by atoms with van der Waals surface area (Å²) in [4.78, 5) is 32.5. The van der Waals surface area contributed by atoms with E-state index >= 15 is 0 Å². The second-order valence-corrected chi connectivity index (χ2v) is 5.89. The highest BCUT2D eigenvalue weighted by atomic mass is 16.5. The van der Waals surface area contributed by atoms with Crippen LogP contribution in [0.4, 0.5) is 5.82 Å². The largest absolute Gasteiger partial charge is 0.497 e. The normalized spacial score (nSPS) is 22.5. The number of anilines is 1. The van der Waals surface area contributed by atoms with Crippen LogP contribution in [0.2, 0.25) is 0 Å². The summed E-state index contributed by atoms with van der Waals surface area (Å²) in [6.07, 6.45) is 1.85. The zero-order chi connectivity index (χ0) is 15.7. The van der Waals surface area contributed by atoms with Crippen molar-refractivity contribution in [1.82, 2.24) is 14.8 Å². The number of likely N-dealkylation sites (N-methyl/N-ethyl adjacent to an activating group) is 1. The Bertz CT molecular complexity index is 586. The van der Waals surface area contributed by atoms with Gasteiger partial charge in [-0.3, -0.25) is 9.59 Å². The van der Waals surface area contributed by atoms with Crippen LogP contribution >= 0.6 is 0 Å². The Morgan fingerprint density at radius 2 is 2.18 bits per heavy atom. The molecule has 1 unspecified atom stereocenters. The molecule has 2 aliphatic rings. The van der Waals surface area contributed by atoms with E-state index in [4.69, 9.17) is 4.74 Å². The molecule has 7 nitrogen and oxygen atoms in total. The SMILES string of the molecule is COc1ccnc(NC(=O)C2CC(=O)N(C3CN(C)C3)C2)c1. The van der Waals surface area contributed by atoms with Crippen LogP contribution in [-0.4, -0.2) is 66.4 Å². The van der Waals surface area contributed by atoms with Crippen LogP contribution in [0.15, 0.2) is 18.3 Å². The van der Waals surface area contributed by atoms with Crippen LogP contribution < -0.4 is 10.1 Å². The van der Waals surface area contributed by atoms with Crippen LogP contribution in [-0.2, 0) is 9.59 Å². The Hall–Kier alpha value is -2.15. The number of rotatable bonds is 4. The van der Waals surface area contributed by atoms with E-state index in [1.54, 1.807) is 25.4 Å². The summed E-state index contributed by atoms with van der Waals surface area (Å²) >= 11 is 0. The molecule has 0 radical (unpaired) electrons. The quantitative estimate of drug-likeness (QED) is 0.859. The summed E-state index contributed by atoms with van der Waals surface area (Å²) in [5.74, 6) is 0.665. The molecule has 0 bridgehead atoms. The van der Waals surface area contributed by atoms with Crippen molar-refractivity contribution < 1.29 is 14.3 Å². The second-order valence-electron chi connectivity index (χ2n) is 5.89. The zero-order valence-electron chi connectivity index (χ0n) is 12.8. The number of hydrogen-bond acceptors (Lipinski definition) is 5. The van der Waals surface area contributed by atoms with Crippen LogP contribution in [0.3, 0.4) is 0 Å². The van der Waals surface area contributed by atoms with Crippen molar-refractivity contribution in [2.24, 2.45) is 5.92 Å². The fourth-order valence-electron chi connectivity index (χ4n) is 2.96. The lowest BCUT2D eigenvalue weighted by Gasteiger charge is -2.42. The molecule has 0 saturated carbocycles. The fourth-order valence-corrected chi connectivity index (χ4v) is 2.96. The minimum absolute atomic E-state index is 0.0665. The number of carbonyl (C=O) groups is 2. The Morgan fingerprint density at radius 3 is 2.86 bits per heavy atom. The summed E-state index contributed by atoms with van der Waals surface area (Å²) in [7, 11) is 3.58.